The van der Waals surface area contributed by atoms with Crippen LogP contribution in [0.25, 0.3) is 11.1 Å². The molecule has 0 radical (unpaired) electrons. The molecule has 1 aliphatic carbocycles. The third kappa shape index (κ3) is 3.35. The maximum Gasteiger partial charge on any atom is 0.0618 e. The topological polar surface area (TPSA) is 20.2 Å². The fourth-order valence-electron chi connectivity index (χ4n) is 3.45. The molecular weight excluding hydrogens is 268 g/mol. The van der Waals surface area contributed by atoms with Crippen LogP contribution in [0.3, 0.4) is 0 Å². The molecule has 120 valence electrons. The Morgan fingerprint density at radius 3 is 2.64 bits per heavy atom. The lowest BCUT2D eigenvalue weighted by Crippen LogP contribution is -2.22. The Kier molecular flexibility index (Phi) is 5.28. The van der Waals surface area contributed by atoms with Crippen LogP contribution in [-0.4, -0.2) is 11.7 Å². The van der Waals surface area contributed by atoms with Crippen molar-refractivity contribution in [2.24, 2.45) is 5.92 Å². The van der Waals surface area contributed by atoms with Gasteiger partial charge in [0, 0.05) is 0 Å². The van der Waals surface area contributed by atoms with Crippen LogP contribution < -0.4 is 0 Å². The van der Waals surface area contributed by atoms with Gasteiger partial charge in [-0.2, -0.15) is 0 Å². The van der Waals surface area contributed by atoms with E-state index in [1.165, 1.54) is 27.8 Å². The molecule has 1 aliphatic rings. The molecule has 0 saturated heterocycles. The van der Waals surface area contributed by atoms with E-state index in [9.17, 15) is 5.11 Å². The molecule has 22 heavy (non-hydrogen) atoms. The van der Waals surface area contributed by atoms with E-state index in [2.05, 4.69) is 58.9 Å². The summed E-state index contributed by atoms with van der Waals surface area (Å²) in [6.45, 7) is 11.5. The predicted octanol–water partition coefficient (Wildman–Crippen LogP) is 5.58. The molecular formula is C21H30O. The molecule has 2 rings (SSSR count). The van der Waals surface area contributed by atoms with Crippen LogP contribution in [-0.2, 0) is 5.41 Å². The van der Waals surface area contributed by atoms with E-state index in [-0.39, 0.29) is 12.0 Å². The van der Waals surface area contributed by atoms with E-state index < -0.39 is 0 Å². The van der Waals surface area contributed by atoms with Crippen LogP contribution in [0.15, 0.2) is 30.4 Å². The zero-order chi connectivity index (χ0) is 16.3. The van der Waals surface area contributed by atoms with Crippen molar-refractivity contribution >= 4 is 11.1 Å². The molecule has 0 saturated carbocycles. The lowest BCUT2D eigenvalue weighted by Gasteiger charge is -2.34. The van der Waals surface area contributed by atoms with Crippen LogP contribution in [0, 0.1) is 5.92 Å². The summed E-state index contributed by atoms with van der Waals surface area (Å²) in [5.41, 5.74) is 7.07. The largest absolute Gasteiger partial charge is 0.392 e. The number of hydrogen-bond donors (Lipinski definition) is 1. The van der Waals surface area contributed by atoms with Crippen LogP contribution in [0.4, 0.5) is 0 Å². The molecule has 1 aromatic carbocycles. The second-order valence-electron chi connectivity index (χ2n) is 7.32. The summed E-state index contributed by atoms with van der Waals surface area (Å²) in [6, 6.07) is 6.89. The minimum absolute atomic E-state index is 0.116. The van der Waals surface area contributed by atoms with Crippen molar-refractivity contribution in [2.75, 3.05) is 6.61 Å². The van der Waals surface area contributed by atoms with E-state index in [0.29, 0.717) is 5.92 Å². The number of hydrogen-bond acceptors (Lipinski definition) is 1. The first-order valence-electron chi connectivity index (χ1n) is 8.56. The van der Waals surface area contributed by atoms with Gasteiger partial charge in [0.25, 0.3) is 0 Å². The van der Waals surface area contributed by atoms with Gasteiger partial charge in [-0.15, -0.1) is 0 Å². The van der Waals surface area contributed by atoms with Crippen molar-refractivity contribution in [1.29, 1.82) is 0 Å². The molecule has 1 heteroatoms. The lowest BCUT2D eigenvalue weighted by atomic mass is 9.71. The van der Waals surface area contributed by atoms with Crippen molar-refractivity contribution in [1.82, 2.24) is 0 Å². The zero-order valence-electron chi connectivity index (χ0n) is 14.7. The fourth-order valence-corrected chi connectivity index (χ4v) is 3.45. The van der Waals surface area contributed by atoms with Gasteiger partial charge in [-0.3, -0.25) is 0 Å². The number of fused-ring (bicyclic) bond motifs is 1. The third-order valence-electron chi connectivity index (χ3n) is 4.74. The van der Waals surface area contributed by atoms with Crippen LogP contribution in [0.1, 0.15) is 70.6 Å². The van der Waals surface area contributed by atoms with Crippen LogP contribution in [0.2, 0.25) is 0 Å². The van der Waals surface area contributed by atoms with Gasteiger partial charge in [0.15, 0.2) is 0 Å². The highest BCUT2D eigenvalue weighted by Crippen LogP contribution is 2.42. The lowest BCUT2D eigenvalue weighted by molar-refractivity contribution is 0.343. The molecule has 1 nitrogen and oxygen atoms in total. The molecule has 0 spiro atoms. The Hall–Kier alpha value is -1.34. The molecule has 0 atom stereocenters. The second-order valence-corrected chi connectivity index (χ2v) is 7.32. The Bertz CT molecular complexity index is 588. The summed E-state index contributed by atoms with van der Waals surface area (Å²) < 4.78 is 0. The Balaban J connectivity index is 2.55. The summed E-state index contributed by atoms with van der Waals surface area (Å²) in [5.74, 6) is 0.543. The summed E-state index contributed by atoms with van der Waals surface area (Å²) >= 11 is 0. The summed E-state index contributed by atoms with van der Waals surface area (Å²) in [7, 11) is 0. The molecule has 0 aromatic heterocycles. The monoisotopic (exact) mass is 298 g/mol. The average Bonchev–Trinajstić information content (AvgIpc) is 2.46. The van der Waals surface area contributed by atoms with Gasteiger partial charge in [0.1, 0.15) is 0 Å². The van der Waals surface area contributed by atoms with E-state index >= 15 is 0 Å². The van der Waals surface area contributed by atoms with Gasteiger partial charge in [-0.25, -0.2) is 0 Å². The predicted molar refractivity (Wildman–Crippen MR) is 96.9 cm³/mol. The highest BCUT2D eigenvalue weighted by atomic mass is 16.2. The van der Waals surface area contributed by atoms with E-state index in [0.717, 1.165) is 19.3 Å². The van der Waals surface area contributed by atoms with Crippen molar-refractivity contribution in [2.45, 2.75) is 59.3 Å². The molecule has 0 unspecified atom stereocenters. The summed E-state index contributed by atoms with van der Waals surface area (Å²) in [5, 5.41) is 9.30. The standard InChI is InChI=1S/C21H30O/c1-6-7-16(11-13-22)17-8-9-20-19(14-17)18(15(2)3)10-12-21(20,4)5/h8-11,14-15,22H,6-7,12-13H2,1-5H3. The number of benzene rings is 1. The van der Waals surface area contributed by atoms with Crippen molar-refractivity contribution < 1.29 is 5.11 Å². The molecule has 0 fully saturated rings. The number of aliphatic hydroxyl groups excluding tert-OH is 1. The molecule has 0 heterocycles. The van der Waals surface area contributed by atoms with Gasteiger partial charge >= 0.3 is 0 Å². The number of allylic oxidation sites excluding steroid dienone is 3. The van der Waals surface area contributed by atoms with Crippen molar-refractivity contribution in [3.05, 3.63) is 47.0 Å². The van der Waals surface area contributed by atoms with E-state index in [1.807, 2.05) is 6.08 Å². The van der Waals surface area contributed by atoms with Gasteiger partial charge in [0.2, 0.25) is 0 Å². The number of rotatable bonds is 5. The highest BCUT2D eigenvalue weighted by Gasteiger charge is 2.29. The second kappa shape index (κ2) is 6.83. The van der Waals surface area contributed by atoms with Gasteiger partial charge in [0.05, 0.1) is 6.61 Å². The maximum absolute atomic E-state index is 9.30. The third-order valence-corrected chi connectivity index (χ3v) is 4.74. The van der Waals surface area contributed by atoms with Crippen molar-refractivity contribution in [3.63, 3.8) is 0 Å². The Morgan fingerprint density at radius 2 is 2.05 bits per heavy atom. The fraction of sp³-hybridized carbons (Fsp3) is 0.524. The Morgan fingerprint density at radius 1 is 1.32 bits per heavy atom. The first kappa shape index (κ1) is 17.0. The Labute approximate surface area is 135 Å². The first-order chi connectivity index (χ1) is 10.4. The highest BCUT2D eigenvalue weighted by molar-refractivity contribution is 5.77. The minimum Gasteiger partial charge on any atom is -0.392 e. The van der Waals surface area contributed by atoms with Crippen molar-refractivity contribution in [3.8, 4) is 0 Å². The molecule has 1 N–H and O–H groups in total. The van der Waals surface area contributed by atoms with Gasteiger partial charge in [-0.1, -0.05) is 65.3 Å². The van der Waals surface area contributed by atoms with Crippen LogP contribution >= 0.6 is 0 Å². The van der Waals surface area contributed by atoms with Crippen LogP contribution in [0.5, 0.6) is 0 Å². The SMILES string of the molecule is CCCC(=CCO)c1ccc2c(c1)C(C(C)C)=CCC2(C)C. The number of aliphatic hydroxyl groups is 1. The van der Waals surface area contributed by atoms with Gasteiger partial charge < -0.3 is 5.11 Å². The quantitative estimate of drug-likeness (QED) is 0.752. The smallest absolute Gasteiger partial charge is 0.0618 e. The maximum atomic E-state index is 9.30. The van der Waals surface area contributed by atoms with E-state index in [1.54, 1.807) is 0 Å². The molecule has 0 aliphatic heterocycles. The summed E-state index contributed by atoms with van der Waals surface area (Å²) in [6.07, 6.45) is 7.61. The molecule has 0 amide bonds. The molecule has 1 aromatic rings. The van der Waals surface area contributed by atoms with Gasteiger partial charge in [-0.05, 0) is 58.1 Å². The average molecular weight is 298 g/mol. The zero-order valence-corrected chi connectivity index (χ0v) is 14.7. The first-order valence-corrected chi connectivity index (χ1v) is 8.56. The van der Waals surface area contributed by atoms with E-state index in [4.69, 9.17) is 0 Å². The molecule has 0 bridgehead atoms. The normalized spacial score (nSPS) is 17.4. The minimum atomic E-state index is 0.116. The summed E-state index contributed by atoms with van der Waals surface area (Å²) in [4.78, 5) is 0.